The summed E-state index contributed by atoms with van der Waals surface area (Å²) in [7, 11) is 0. The Balaban J connectivity index is 1.78. The third-order valence-corrected chi connectivity index (χ3v) is 7.49. The first-order valence-electron chi connectivity index (χ1n) is 14.0. The fourth-order valence-electron chi connectivity index (χ4n) is 5.01. The SMILES string of the molecule is CCCCCO[C@H]1O[C@H](CO)[C@@H](O)[C@H](O)[C@@H]1O[C@@H]1O[C@H](CO[C@@H]2O[C@H](CO)[C@H](O)[C@H](O)[C@H]2O)[C@@H](O)[C@H](O)[C@H]1NC(C)=O. The first kappa shape index (κ1) is 35.4. The second-order valence-electron chi connectivity index (χ2n) is 10.7. The van der Waals surface area contributed by atoms with Gasteiger partial charge in [0, 0.05) is 13.5 Å². The predicted molar refractivity (Wildman–Crippen MR) is 136 cm³/mol. The van der Waals surface area contributed by atoms with Gasteiger partial charge in [-0.15, -0.1) is 0 Å². The van der Waals surface area contributed by atoms with E-state index in [9.17, 15) is 50.8 Å². The van der Waals surface area contributed by atoms with Crippen LogP contribution in [0.1, 0.15) is 33.1 Å². The van der Waals surface area contributed by atoms with Gasteiger partial charge in [-0.25, -0.2) is 0 Å². The summed E-state index contributed by atoms with van der Waals surface area (Å²) in [6, 6.07) is -1.39. The summed E-state index contributed by atoms with van der Waals surface area (Å²) in [6.45, 7) is 1.43. The maximum Gasteiger partial charge on any atom is 0.217 e. The van der Waals surface area contributed by atoms with Gasteiger partial charge in [0.1, 0.15) is 73.2 Å². The molecule has 3 aliphatic heterocycles. The first-order chi connectivity index (χ1) is 19.9. The van der Waals surface area contributed by atoms with E-state index in [2.05, 4.69) is 5.32 Å². The van der Waals surface area contributed by atoms with E-state index in [1.54, 1.807) is 0 Å². The average Bonchev–Trinajstić information content (AvgIpc) is 2.96. The van der Waals surface area contributed by atoms with E-state index in [-0.39, 0.29) is 6.61 Å². The summed E-state index contributed by atoms with van der Waals surface area (Å²) in [5.74, 6) is -0.618. The lowest BCUT2D eigenvalue weighted by Crippen LogP contribution is -2.68. The maximum absolute atomic E-state index is 11.9. The van der Waals surface area contributed by atoms with Crippen LogP contribution in [0.3, 0.4) is 0 Å². The van der Waals surface area contributed by atoms with Crippen molar-refractivity contribution in [1.29, 1.82) is 0 Å². The van der Waals surface area contributed by atoms with Crippen molar-refractivity contribution in [2.75, 3.05) is 26.4 Å². The molecule has 0 saturated carbocycles. The van der Waals surface area contributed by atoms with Gasteiger partial charge < -0.3 is 79.7 Å². The minimum Gasteiger partial charge on any atom is -0.394 e. The van der Waals surface area contributed by atoms with Crippen LogP contribution >= 0.6 is 0 Å². The Kier molecular flexibility index (Phi) is 13.7. The van der Waals surface area contributed by atoms with Gasteiger partial charge in [-0.3, -0.25) is 4.79 Å². The van der Waals surface area contributed by atoms with Crippen LogP contribution in [0.2, 0.25) is 0 Å². The number of aliphatic hydroxyl groups excluding tert-OH is 9. The number of carbonyl (C=O) groups is 1. The number of aliphatic hydroxyl groups is 9. The second-order valence-corrected chi connectivity index (χ2v) is 10.7. The monoisotopic (exact) mass is 615 g/mol. The lowest BCUT2D eigenvalue weighted by atomic mass is 9.95. The molecular formula is C25H45NO16. The van der Waals surface area contributed by atoms with E-state index in [4.69, 9.17) is 28.4 Å². The van der Waals surface area contributed by atoms with Crippen LogP contribution in [-0.4, -0.2) is 170 Å². The van der Waals surface area contributed by atoms with Crippen LogP contribution in [0.5, 0.6) is 0 Å². The number of ether oxygens (including phenoxy) is 6. The van der Waals surface area contributed by atoms with Crippen molar-refractivity contribution in [3.63, 3.8) is 0 Å². The molecule has 3 fully saturated rings. The number of hydrogen-bond acceptors (Lipinski definition) is 16. The van der Waals surface area contributed by atoms with Gasteiger partial charge in [0.2, 0.25) is 5.91 Å². The van der Waals surface area contributed by atoms with Crippen LogP contribution in [0.25, 0.3) is 0 Å². The molecule has 0 bridgehead atoms. The second kappa shape index (κ2) is 16.3. The molecule has 17 heteroatoms. The van der Waals surface area contributed by atoms with Gasteiger partial charge in [-0.1, -0.05) is 19.8 Å². The topological polar surface area (TPSA) is 267 Å². The molecule has 0 aromatic heterocycles. The zero-order chi connectivity index (χ0) is 31.1. The van der Waals surface area contributed by atoms with Gasteiger partial charge in [0.25, 0.3) is 0 Å². The van der Waals surface area contributed by atoms with Crippen molar-refractivity contribution in [2.24, 2.45) is 0 Å². The Morgan fingerprint density at radius 2 is 1.26 bits per heavy atom. The predicted octanol–water partition coefficient (Wildman–Crippen LogP) is -5.21. The van der Waals surface area contributed by atoms with Crippen molar-refractivity contribution in [1.82, 2.24) is 5.32 Å². The fraction of sp³-hybridized carbons (Fsp3) is 0.960. The summed E-state index contributed by atoms with van der Waals surface area (Å²) in [5.41, 5.74) is 0. The number of rotatable bonds is 13. The van der Waals surface area contributed by atoms with Gasteiger partial charge >= 0.3 is 0 Å². The third-order valence-electron chi connectivity index (χ3n) is 7.49. The molecule has 15 atom stereocenters. The molecule has 0 spiro atoms. The Morgan fingerprint density at radius 1 is 0.690 bits per heavy atom. The fourth-order valence-corrected chi connectivity index (χ4v) is 5.01. The van der Waals surface area contributed by atoms with Gasteiger partial charge in [0.15, 0.2) is 18.9 Å². The van der Waals surface area contributed by atoms with Crippen molar-refractivity contribution in [3.05, 3.63) is 0 Å². The molecule has 3 heterocycles. The van der Waals surface area contributed by atoms with E-state index in [0.717, 1.165) is 19.8 Å². The maximum atomic E-state index is 11.9. The zero-order valence-electron chi connectivity index (χ0n) is 23.5. The highest BCUT2D eigenvalue weighted by molar-refractivity contribution is 5.73. The highest BCUT2D eigenvalue weighted by atomic mass is 16.8. The van der Waals surface area contributed by atoms with Gasteiger partial charge in [-0.2, -0.15) is 0 Å². The number of carbonyl (C=O) groups excluding carboxylic acids is 1. The van der Waals surface area contributed by atoms with Crippen molar-refractivity contribution in [3.8, 4) is 0 Å². The van der Waals surface area contributed by atoms with Gasteiger partial charge in [-0.05, 0) is 6.42 Å². The number of hydrogen-bond donors (Lipinski definition) is 10. The normalized spacial score (nSPS) is 44.6. The molecule has 0 aliphatic carbocycles. The molecule has 0 unspecified atom stereocenters. The Morgan fingerprint density at radius 3 is 1.86 bits per heavy atom. The number of unbranched alkanes of at least 4 members (excludes halogenated alkanes) is 2. The molecule has 3 aliphatic rings. The van der Waals surface area contributed by atoms with E-state index in [1.165, 1.54) is 0 Å². The van der Waals surface area contributed by atoms with Crippen LogP contribution in [0.15, 0.2) is 0 Å². The summed E-state index contributed by atoms with van der Waals surface area (Å²) in [5, 5.41) is 94.6. The smallest absolute Gasteiger partial charge is 0.217 e. The largest absolute Gasteiger partial charge is 0.394 e. The standard InChI is InChI=1S/C25H45NO16/c1-3-4-5-6-37-25-22(20(35)16(31)12(8-28)40-25)42-23-14(26-10(2)29)18(33)17(32)13(41-23)9-38-24-21(36)19(34)15(30)11(7-27)39-24/h11-25,27-28,30-36H,3-9H2,1-2H3,(H,26,29)/t11-,12-,13-,14-,15+,16-,17-,18-,19+,20+,21-,22+,23+,24-,25+/m1/s1. The molecule has 10 N–H and O–H groups in total. The number of nitrogens with one attached hydrogen (secondary N) is 1. The van der Waals surface area contributed by atoms with Crippen LogP contribution in [-0.2, 0) is 33.2 Å². The minimum atomic E-state index is -1.74. The Bertz CT molecular complexity index is 823. The lowest BCUT2D eigenvalue weighted by Gasteiger charge is -2.47. The van der Waals surface area contributed by atoms with Gasteiger partial charge in [0.05, 0.1) is 19.8 Å². The summed E-state index contributed by atoms with van der Waals surface area (Å²) in [6.07, 6.45) is -19.1. The average molecular weight is 616 g/mol. The van der Waals surface area contributed by atoms with Crippen LogP contribution < -0.4 is 5.32 Å². The van der Waals surface area contributed by atoms with Crippen molar-refractivity contribution < 1.29 is 79.2 Å². The minimum absolute atomic E-state index is 0.191. The molecule has 246 valence electrons. The quantitative estimate of drug-likeness (QED) is 0.0868. The lowest BCUT2D eigenvalue weighted by molar-refractivity contribution is -0.360. The molecular weight excluding hydrogens is 570 g/mol. The molecule has 17 nitrogen and oxygen atoms in total. The molecule has 3 rings (SSSR count). The number of amides is 1. The molecule has 42 heavy (non-hydrogen) atoms. The Hall–Kier alpha value is -1.13. The highest BCUT2D eigenvalue weighted by Crippen LogP contribution is 2.31. The summed E-state index contributed by atoms with van der Waals surface area (Å²) >= 11 is 0. The van der Waals surface area contributed by atoms with E-state index in [1.807, 2.05) is 6.92 Å². The van der Waals surface area contributed by atoms with Crippen LogP contribution in [0, 0.1) is 0 Å². The van der Waals surface area contributed by atoms with E-state index in [0.29, 0.717) is 6.42 Å². The summed E-state index contributed by atoms with van der Waals surface area (Å²) < 4.78 is 33.9. The van der Waals surface area contributed by atoms with E-state index >= 15 is 0 Å². The first-order valence-corrected chi connectivity index (χ1v) is 14.0. The zero-order valence-corrected chi connectivity index (χ0v) is 23.5. The third kappa shape index (κ3) is 8.32. The molecule has 0 radical (unpaired) electrons. The highest BCUT2D eigenvalue weighted by Gasteiger charge is 2.52. The molecule has 3 saturated heterocycles. The Labute approximate surface area is 242 Å². The molecule has 1 amide bonds. The van der Waals surface area contributed by atoms with Crippen LogP contribution in [0.4, 0.5) is 0 Å². The van der Waals surface area contributed by atoms with Crippen molar-refractivity contribution in [2.45, 2.75) is 125 Å². The molecule has 0 aromatic rings. The van der Waals surface area contributed by atoms with Crippen molar-refractivity contribution >= 4 is 5.91 Å². The summed E-state index contributed by atoms with van der Waals surface area (Å²) in [4.78, 5) is 11.9. The van der Waals surface area contributed by atoms with E-state index < -0.39 is 118 Å². The molecule has 0 aromatic carbocycles.